The maximum absolute atomic E-state index is 12.7. The highest BCUT2D eigenvalue weighted by Crippen LogP contribution is 2.40. The summed E-state index contributed by atoms with van der Waals surface area (Å²) in [5.41, 5.74) is 0.356. The second-order valence-electron chi connectivity index (χ2n) is 6.76. The standard InChI is InChI=1S/C14H24FNO/c1-14(2,3)11-6-4-10(5-7-11)13(17)16-8-12(15)9-16/h10-12H,4-9H2,1-3H3. The van der Waals surface area contributed by atoms with Crippen LogP contribution in [0.1, 0.15) is 46.5 Å². The number of carbonyl (C=O) groups excluding carboxylic acids is 1. The Bertz CT molecular complexity index is 283. The molecule has 0 aromatic heterocycles. The Balaban J connectivity index is 1.81. The summed E-state index contributed by atoms with van der Waals surface area (Å²) in [6.07, 6.45) is 3.51. The van der Waals surface area contributed by atoms with Crippen LogP contribution in [0.3, 0.4) is 0 Å². The molecule has 1 heterocycles. The zero-order valence-electron chi connectivity index (χ0n) is 11.2. The SMILES string of the molecule is CC(C)(C)C1CCC(C(=O)N2CC(F)C2)CC1. The van der Waals surface area contributed by atoms with E-state index in [-0.39, 0.29) is 11.8 Å². The van der Waals surface area contributed by atoms with Gasteiger partial charge in [0.25, 0.3) is 0 Å². The lowest BCUT2D eigenvalue weighted by Gasteiger charge is -2.41. The van der Waals surface area contributed by atoms with Crippen molar-refractivity contribution in [1.29, 1.82) is 0 Å². The average Bonchev–Trinajstić information content (AvgIpc) is 2.23. The molecule has 0 aromatic rings. The fraction of sp³-hybridized carbons (Fsp3) is 0.929. The van der Waals surface area contributed by atoms with Crippen molar-refractivity contribution >= 4 is 5.91 Å². The molecule has 0 unspecified atom stereocenters. The number of rotatable bonds is 1. The predicted molar refractivity (Wildman–Crippen MR) is 66.4 cm³/mol. The monoisotopic (exact) mass is 241 g/mol. The van der Waals surface area contributed by atoms with E-state index >= 15 is 0 Å². The number of amides is 1. The van der Waals surface area contributed by atoms with E-state index < -0.39 is 6.17 Å². The molecule has 0 bridgehead atoms. The molecule has 2 nitrogen and oxygen atoms in total. The molecular weight excluding hydrogens is 217 g/mol. The molecule has 2 rings (SSSR count). The van der Waals surface area contributed by atoms with Crippen molar-refractivity contribution in [1.82, 2.24) is 4.90 Å². The van der Waals surface area contributed by atoms with E-state index in [0.717, 1.165) is 31.6 Å². The van der Waals surface area contributed by atoms with Gasteiger partial charge in [0, 0.05) is 5.92 Å². The van der Waals surface area contributed by atoms with Gasteiger partial charge < -0.3 is 4.90 Å². The molecule has 1 aliphatic heterocycles. The van der Waals surface area contributed by atoms with Gasteiger partial charge in [-0.3, -0.25) is 4.79 Å². The maximum Gasteiger partial charge on any atom is 0.225 e. The quantitative estimate of drug-likeness (QED) is 0.691. The number of hydrogen-bond donors (Lipinski definition) is 0. The van der Waals surface area contributed by atoms with Crippen LogP contribution in [0.5, 0.6) is 0 Å². The first-order chi connectivity index (χ1) is 7.88. The second-order valence-corrected chi connectivity index (χ2v) is 6.76. The number of carbonyl (C=O) groups is 1. The Morgan fingerprint density at radius 2 is 1.65 bits per heavy atom. The van der Waals surface area contributed by atoms with Crippen LogP contribution in [0.2, 0.25) is 0 Å². The summed E-state index contributed by atoms with van der Waals surface area (Å²) in [5, 5.41) is 0. The van der Waals surface area contributed by atoms with Gasteiger partial charge in [-0.2, -0.15) is 0 Å². The van der Waals surface area contributed by atoms with Gasteiger partial charge in [0.15, 0.2) is 0 Å². The zero-order valence-corrected chi connectivity index (χ0v) is 11.2. The molecule has 1 amide bonds. The van der Waals surface area contributed by atoms with E-state index in [1.165, 1.54) is 0 Å². The predicted octanol–water partition coefficient (Wildman–Crippen LogP) is 3.02. The zero-order chi connectivity index (χ0) is 12.6. The molecule has 0 N–H and O–H groups in total. The van der Waals surface area contributed by atoms with Crippen molar-refractivity contribution in [3.63, 3.8) is 0 Å². The molecule has 0 atom stereocenters. The van der Waals surface area contributed by atoms with Gasteiger partial charge in [0.2, 0.25) is 5.91 Å². The summed E-state index contributed by atoms with van der Waals surface area (Å²) in [7, 11) is 0. The normalized spacial score (nSPS) is 31.2. The Morgan fingerprint density at radius 3 is 2.06 bits per heavy atom. The summed E-state index contributed by atoms with van der Waals surface area (Å²) < 4.78 is 12.7. The first-order valence-electron chi connectivity index (χ1n) is 6.81. The molecule has 3 heteroatoms. The van der Waals surface area contributed by atoms with Gasteiger partial charge in [-0.15, -0.1) is 0 Å². The molecule has 2 fully saturated rings. The Hall–Kier alpha value is -0.600. The van der Waals surface area contributed by atoms with Crippen LogP contribution in [-0.2, 0) is 4.79 Å². The third kappa shape index (κ3) is 2.80. The molecule has 98 valence electrons. The minimum Gasteiger partial charge on any atom is -0.336 e. The lowest BCUT2D eigenvalue weighted by Crippen LogP contribution is -2.53. The number of likely N-dealkylation sites (tertiary alicyclic amines) is 1. The first kappa shape index (κ1) is 12.8. The smallest absolute Gasteiger partial charge is 0.225 e. The lowest BCUT2D eigenvalue weighted by atomic mass is 9.69. The van der Waals surface area contributed by atoms with E-state index in [2.05, 4.69) is 20.8 Å². The van der Waals surface area contributed by atoms with Crippen molar-refractivity contribution in [3.05, 3.63) is 0 Å². The van der Waals surface area contributed by atoms with E-state index in [1.54, 1.807) is 4.90 Å². The van der Waals surface area contributed by atoms with E-state index in [1.807, 2.05) is 0 Å². The minimum absolute atomic E-state index is 0.168. The van der Waals surface area contributed by atoms with E-state index in [0.29, 0.717) is 18.5 Å². The van der Waals surface area contributed by atoms with Crippen molar-refractivity contribution in [2.75, 3.05) is 13.1 Å². The third-order valence-electron chi connectivity index (χ3n) is 4.45. The van der Waals surface area contributed by atoms with E-state index in [9.17, 15) is 9.18 Å². The van der Waals surface area contributed by atoms with Crippen molar-refractivity contribution in [2.45, 2.75) is 52.6 Å². The summed E-state index contributed by atoms with van der Waals surface area (Å²) in [6, 6.07) is 0. The molecule has 17 heavy (non-hydrogen) atoms. The van der Waals surface area contributed by atoms with Crippen LogP contribution in [0, 0.1) is 17.3 Å². The molecule has 1 aliphatic carbocycles. The summed E-state index contributed by atoms with van der Waals surface area (Å²) in [6.45, 7) is 7.50. The molecule has 0 radical (unpaired) electrons. The van der Waals surface area contributed by atoms with Crippen LogP contribution in [-0.4, -0.2) is 30.1 Å². The molecule has 0 aromatic carbocycles. The number of hydrogen-bond acceptors (Lipinski definition) is 1. The number of halogens is 1. The first-order valence-corrected chi connectivity index (χ1v) is 6.81. The van der Waals surface area contributed by atoms with Crippen molar-refractivity contribution in [3.8, 4) is 0 Å². The van der Waals surface area contributed by atoms with Crippen molar-refractivity contribution < 1.29 is 9.18 Å². The number of alkyl halides is 1. The molecule has 1 saturated heterocycles. The van der Waals surface area contributed by atoms with Crippen LogP contribution in [0.15, 0.2) is 0 Å². The fourth-order valence-corrected chi connectivity index (χ4v) is 3.07. The lowest BCUT2D eigenvalue weighted by molar-refractivity contribution is -0.144. The third-order valence-corrected chi connectivity index (χ3v) is 4.45. The highest BCUT2D eigenvalue weighted by molar-refractivity contribution is 5.79. The molecule has 1 saturated carbocycles. The van der Waals surface area contributed by atoms with Crippen molar-refractivity contribution in [2.24, 2.45) is 17.3 Å². The molecular formula is C14H24FNO. The number of nitrogens with zero attached hydrogens (tertiary/aromatic N) is 1. The topological polar surface area (TPSA) is 20.3 Å². The van der Waals surface area contributed by atoms with Crippen LogP contribution < -0.4 is 0 Å². The van der Waals surface area contributed by atoms with Gasteiger partial charge in [0.1, 0.15) is 6.17 Å². The van der Waals surface area contributed by atoms with Crippen LogP contribution in [0.25, 0.3) is 0 Å². The second kappa shape index (κ2) is 4.58. The highest BCUT2D eigenvalue weighted by atomic mass is 19.1. The van der Waals surface area contributed by atoms with Crippen LogP contribution in [0.4, 0.5) is 4.39 Å². The van der Waals surface area contributed by atoms with Gasteiger partial charge in [-0.1, -0.05) is 20.8 Å². The van der Waals surface area contributed by atoms with Crippen LogP contribution >= 0.6 is 0 Å². The fourth-order valence-electron chi connectivity index (χ4n) is 3.07. The van der Waals surface area contributed by atoms with Gasteiger partial charge in [-0.25, -0.2) is 4.39 Å². The molecule has 2 aliphatic rings. The van der Waals surface area contributed by atoms with Gasteiger partial charge in [0.05, 0.1) is 13.1 Å². The summed E-state index contributed by atoms with van der Waals surface area (Å²) in [5.74, 6) is 1.10. The van der Waals surface area contributed by atoms with Gasteiger partial charge in [-0.05, 0) is 37.0 Å². The van der Waals surface area contributed by atoms with E-state index in [4.69, 9.17) is 0 Å². The van der Waals surface area contributed by atoms with Gasteiger partial charge >= 0.3 is 0 Å². The maximum atomic E-state index is 12.7. The highest BCUT2D eigenvalue weighted by Gasteiger charge is 2.37. The minimum atomic E-state index is -0.773. The molecule has 0 spiro atoms. The Morgan fingerprint density at radius 1 is 1.12 bits per heavy atom. The Kier molecular flexibility index (Phi) is 3.46. The Labute approximate surface area is 104 Å². The average molecular weight is 241 g/mol. The summed E-state index contributed by atoms with van der Waals surface area (Å²) >= 11 is 0. The summed E-state index contributed by atoms with van der Waals surface area (Å²) in [4.78, 5) is 13.7. The largest absolute Gasteiger partial charge is 0.336 e.